The zero-order valence-corrected chi connectivity index (χ0v) is 16.9. The van der Waals surface area contributed by atoms with E-state index in [4.69, 9.17) is 15.8 Å². The van der Waals surface area contributed by atoms with E-state index in [1.54, 1.807) is 0 Å². The van der Waals surface area contributed by atoms with Crippen molar-refractivity contribution >= 4 is 0 Å². The Bertz CT molecular complexity index is 405. The van der Waals surface area contributed by atoms with Gasteiger partial charge in [-0.3, -0.25) is 15.8 Å². The Morgan fingerprint density at radius 2 is 1.17 bits per heavy atom. The molecule has 0 fully saturated rings. The van der Waals surface area contributed by atoms with E-state index in [2.05, 4.69) is 77.6 Å². The second kappa shape index (κ2) is 11.6. The van der Waals surface area contributed by atoms with Crippen LogP contribution in [0.2, 0.25) is 0 Å². The van der Waals surface area contributed by atoms with Crippen LogP contribution in [0.4, 0.5) is 0 Å². The van der Waals surface area contributed by atoms with E-state index in [9.17, 15) is 0 Å². The molecule has 0 aromatic heterocycles. The summed E-state index contributed by atoms with van der Waals surface area (Å²) in [7, 11) is 0. The van der Waals surface area contributed by atoms with Crippen molar-refractivity contribution < 1.29 is 20.7 Å². The van der Waals surface area contributed by atoms with Crippen molar-refractivity contribution in [3.05, 3.63) is 35.4 Å². The predicted molar refractivity (Wildman–Crippen MR) is 102 cm³/mol. The third-order valence-corrected chi connectivity index (χ3v) is 3.44. The lowest BCUT2D eigenvalue weighted by molar-refractivity contribution is -0.318. The van der Waals surface area contributed by atoms with Gasteiger partial charge in [-0.1, -0.05) is 72.7 Å². The van der Waals surface area contributed by atoms with Crippen LogP contribution >= 0.6 is 0 Å². The summed E-state index contributed by atoms with van der Waals surface area (Å²) in [5.41, 5.74) is 2.77. The summed E-state index contributed by atoms with van der Waals surface area (Å²) in [6.45, 7) is 19.1. The summed E-state index contributed by atoms with van der Waals surface area (Å²) in [4.78, 5) is 4.31. The molecule has 0 heterocycles. The molecule has 3 N–H and O–H groups in total. The quantitative estimate of drug-likeness (QED) is 0.423. The molecule has 1 aromatic rings. The number of rotatable bonds is 4. The van der Waals surface area contributed by atoms with Crippen molar-refractivity contribution in [3.63, 3.8) is 0 Å². The zero-order valence-electron chi connectivity index (χ0n) is 16.9. The molecule has 0 aliphatic carbocycles. The van der Waals surface area contributed by atoms with Crippen LogP contribution in [-0.2, 0) is 4.89 Å². The maximum atomic E-state index is 8.46. The monoisotopic (exact) mass is 342 g/mol. The van der Waals surface area contributed by atoms with Gasteiger partial charge in [0.1, 0.15) is 0 Å². The summed E-state index contributed by atoms with van der Waals surface area (Å²) in [6.07, 6.45) is 0.844. The highest BCUT2D eigenvalue weighted by Crippen LogP contribution is 2.28. The predicted octanol–water partition coefficient (Wildman–Crippen LogP) is 6.64. The highest BCUT2D eigenvalue weighted by Gasteiger charge is 2.26. The SMILES string of the molecule is CC(C)(C)CC(C)(C)OO.CC(C)c1ccccc1C(C)C.OO. The van der Waals surface area contributed by atoms with Crippen molar-refractivity contribution in [3.8, 4) is 0 Å². The first-order valence-electron chi connectivity index (χ1n) is 8.51. The molecule has 0 saturated carbocycles. The fraction of sp³-hybridized carbons (Fsp3) is 0.700. The summed E-state index contributed by atoms with van der Waals surface area (Å²) < 4.78 is 0. The van der Waals surface area contributed by atoms with E-state index in [0.29, 0.717) is 11.8 Å². The fourth-order valence-electron chi connectivity index (χ4n) is 2.87. The van der Waals surface area contributed by atoms with Crippen molar-refractivity contribution in [2.45, 2.75) is 86.2 Å². The molecule has 4 nitrogen and oxygen atoms in total. The zero-order chi connectivity index (χ0) is 19.6. The Morgan fingerprint density at radius 3 is 1.33 bits per heavy atom. The lowest BCUT2D eigenvalue weighted by Crippen LogP contribution is -2.28. The van der Waals surface area contributed by atoms with E-state index in [-0.39, 0.29) is 5.41 Å². The van der Waals surface area contributed by atoms with Crippen molar-refractivity contribution in [2.24, 2.45) is 5.41 Å². The molecule has 1 aromatic carbocycles. The van der Waals surface area contributed by atoms with Crippen LogP contribution in [-0.4, -0.2) is 21.4 Å². The van der Waals surface area contributed by atoms with Gasteiger partial charge in [0.05, 0.1) is 5.60 Å². The van der Waals surface area contributed by atoms with Gasteiger partial charge in [-0.15, -0.1) is 0 Å². The number of benzene rings is 1. The fourth-order valence-corrected chi connectivity index (χ4v) is 2.87. The molecule has 142 valence electrons. The Labute approximate surface area is 148 Å². The molecule has 1 rings (SSSR count). The van der Waals surface area contributed by atoms with Gasteiger partial charge in [-0.05, 0) is 48.6 Å². The minimum Gasteiger partial charge on any atom is -0.255 e. The van der Waals surface area contributed by atoms with Crippen LogP contribution in [0.25, 0.3) is 0 Å². The van der Waals surface area contributed by atoms with Gasteiger partial charge in [-0.2, -0.15) is 0 Å². The molecule has 24 heavy (non-hydrogen) atoms. The third-order valence-electron chi connectivity index (χ3n) is 3.44. The van der Waals surface area contributed by atoms with E-state index in [1.165, 1.54) is 11.1 Å². The molecule has 0 unspecified atom stereocenters. The maximum absolute atomic E-state index is 8.46. The van der Waals surface area contributed by atoms with Gasteiger partial charge in [0.15, 0.2) is 0 Å². The Kier molecular flexibility index (Phi) is 12.2. The summed E-state index contributed by atoms with van der Waals surface area (Å²) in [6, 6.07) is 8.72. The van der Waals surface area contributed by atoms with Crippen LogP contribution in [0.15, 0.2) is 24.3 Å². The van der Waals surface area contributed by atoms with Crippen molar-refractivity contribution in [1.82, 2.24) is 0 Å². The smallest absolute Gasteiger partial charge is 0.0982 e. The van der Waals surface area contributed by atoms with Gasteiger partial charge in [-0.25, -0.2) is 4.89 Å². The van der Waals surface area contributed by atoms with Crippen LogP contribution < -0.4 is 0 Å². The first kappa shape index (κ1) is 25.3. The second-order valence-electron chi connectivity index (χ2n) is 8.53. The molecular weight excluding hydrogens is 304 g/mol. The summed E-state index contributed by atoms with van der Waals surface area (Å²) in [5.74, 6) is 1.28. The van der Waals surface area contributed by atoms with Crippen LogP contribution in [0.1, 0.15) is 91.7 Å². The van der Waals surface area contributed by atoms with Crippen molar-refractivity contribution in [1.29, 1.82) is 0 Å². The minimum absolute atomic E-state index is 0.201. The van der Waals surface area contributed by atoms with Crippen LogP contribution in [0, 0.1) is 5.41 Å². The van der Waals surface area contributed by atoms with Crippen molar-refractivity contribution in [2.75, 3.05) is 0 Å². The van der Waals surface area contributed by atoms with E-state index >= 15 is 0 Å². The molecule has 0 bridgehead atoms. The number of hydrogen-bond donors (Lipinski definition) is 3. The molecule has 0 spiro atoms. The minimum atomic E-state index is -0.418. The highest BCUT2D eigenvalue weighted by atomic mass is 17.1. The third kappa shape index (κ3) is 11.6. The number of hydrogen-bond acceptors (Lipinski definition) is 4. The molecular formula is C20H38O4. The molecule has 0 saturated heterocycles. The van der Waals surface area contributed by atoms with E-state index in [1.807, 2.05) is 13.8 Å². The molecule has 0 radical (unpaired) electrons. The average Bonchev–Trinajstić information content (AvgIpc) is 2.47. The molecule has 0 aliphatic rings. The largest absolute Gasteiger partial charge is 0.255 e. The van der Waals surface area contributed by atoms with E-state index < -0.39 is 5.60 Å². The van der Waals surface area contributed by atoms with Gasteiger partial charge in [0.2, 0.25) is 0 Å². The Hall–Kier alpha value is -0.940. The standard InChI is InChI=1S/C12H18.C8H18O2.H2O2/c1-9(2)11-7-5-6-8-12(11)10(3)4;1-7(2,3)6-8(4,5)10-9;1-2/h5-10H,1-4H3;9H,6H2,1-5H3;1-2H. The van der Waals surface area contributed by atoms with Gasteiger partial charge < -0.3 is 0 Å². The topological polar surface area (TPSA) is 69.9 Å². The maximum Gasteiger partial charge on any atom is 0.0982 e. The van der Waals surface area contributed by atoms with Crippen LogP contribution in [0.5, 0.6) is 0 Å². The molecule has 4 heteroatoms. The summed E-state index contributed by atoms with van der Waals surface area (Å²) >= 11 is 0. The first-order valence-corrected chi connectivity index (χ1v) is 8.51. The van der Waals surface area contributed by atoms with Gasteiger partial charge in [0, 0.05) is 0 Å². The summed E-state index contributed by atoms with van der Waals surface area (Å²) in [5, 5.41) is 20.5. The van der Waals surface area contributed by atoms with Crippen LogP contribution in [0.3, 0.4) is 0 Å². The Balaban J connectivity index is 0. The lowest BCUT2D eigenvalue weighted by Gasteiger charge is -2.29. The second-order valence-corrected chi connectivity index (χ2v) is 8.53. The highest BCUT2D eigenvalue weighted by molar-refractivity contribution is 5.31. The average molecular weight is 343 g/mol. The molecule has 0 aliphatic heterocycles. The Morgan fingerprint density at radius 1 is 0.833 bits per heavy atom. The van der Waals surface area contributed by atoms with Gasteiger partial charge >= 0.3 is 0 Å². The molecule has 0 amide bonds. The van der Waals surface area contributed by atoms with E-state index in [0.717, 1.165) is 6.42 Å². The lowest BCUT2D eigenvalue weighted by atomic mass is 9.84. The first-order chi connectivity index (χ1) is 10.9. The van der Waals surface area contributed by atoms with Gasteiger partial charge in [0.25, 0.3) is 0 Å². The molecule has 0 atom stereocenters. The normalized spacial score (nSPS) is 11.6.